The average Bonchev–Trinajstić information content (AvgIpc) is 2.59. The minimum absolute atomic E-state index is 0.0158. The summed E-state index contributed by atoms with van der Waals surface area (Å²) in [6.07, 6.45) is 1.65. The zero-order valence-electron chi connectivity index (χ0n) is 12.7. The number of anilines is 1. The molecule has 0 atom stereocenters. The van der Waals surface area contributed by atoms with Crippen LogP contribution in [0.1, 0.15) is 0 Å². The van der Waals surface area contributed by atoms with E-state index < -0.39 is 0 Å². The van der Waals surface area contributed by atoms with Crippen LogP contribution in [0.3, 0.4) is 0 Å². The van der Waals surface area contributed by atoms with E-state index in [4.69, 9.17) is 0 Å². The van der Waals surface area contributed by atoms with Gasteiger partial charge in [0.1, 0.15) is 6.54 Å². The zero-order valence-corrected chi connectivity index (χ0v) is 14.3. The van der Waals surface area contributed by atoms with Crippen molar-refractivity contribution < 1.29 is 4.79 Å². The van der Waals surface area contributed by atoms with Crippen LogP contribution in [0.4, 0.5) is 5.69 Å². The topological polar surface area (TPSA) is 45.6 Å². The van der Waals surface area contributed by atoms with Crippen molar-refractivity contribution in [1.82, 2.24) is 9.47 Å². The molecule has 1 aromatic heterocycles. The Morgan fingerprint density at radius 3 is 2.39 bits per heavy atom. The van der Waals surface area contributed by atoms with Crippen molar-refractivity contribution in [3.8, 4) is 0 Å². The Labute approximate surface area is 143 Å². The number of hydrogen-bond donors (Lipinski definition) is 0. The summed E-state index contributed by atoms with van der Waals surface area (Å²) in [7, 11) is 0. The van der Waals surface area contributed by atoms with Crippen LogP contribution in [0.5, 0.6) is 0 Å². The zero-order chi connectivity index (χ0) is 16.2. The van der Waals surface area contributed by atoms with Gasteiger partial charge in [-0.2, -0.15) is 0 Å². The first kappa shape index (κ1) is 15.8. The number of halogens is 1. The van der Waals surface area contributed by atoms with E-state index in [2.05, 4.69) is 33.0 Å². The highest BCUT2D eigenvalue weighted by Gasteiger charge is 2.21. The molecule has 120 valence electrons. The first-order valence-corrected chi connectivity index (χ1v) is 8.36. The van der Waals surface area contributed by atoms with Gasteiger partial charge in [-0.1, -0.05) is 18.2 Å². The molecule has 0 unspecified atom stereocenters. The largest absolute Gasteiger partial charge is 0.368 e. The van der Waals surface area contributed by atoms with Crippen LogP contribution < -0.4 is 10.5 Å². The summed E-state index contributed by atoms with van der Waals surface area (Å²) in [6.45, 7) is 3.06. The summed E-state index contributed by atoms with van der Waals surface area (Å²) in [5, 5.41) is 0. The summed E-state index contributed by atoms with van der Waals surface area (Å²) in [4.78, 5) is 28.3. The van der Waals surface area contributed by atoms with Crippen molar-refractivity contribution in [1.29, 1.82) is 0 Å². The molecule has 1 aliphatic heterocycles. The number of aromatic nitrogens is 1. The Kier molecular flexibility index (Phi) is 4.81. The fraction of sp³-hybridized carbons (Fsp3) is 0.294. The molecule has 1 amide bonds. The second-order valence-electron chi connectivity index (χ2n) is 5.52. The molecule has 2 heterocycles. The summed E-state index contributed by atoms with van der Waals surface area (Å²) < 4.78 is 2.23. The van der Waals surface area contributed by atoms with E-state index in [0.717, 1.165) is 17.6 Å². The monoisotopic (exact) mass is 375 g/mol. The van der Waals surface area contributed by atoms with Gasteiger partial charge in [-0.15, -0.1) is 0 Å². The number of para-hydroxylation sites is 1. The Hall–Kier alpha value is -2.08. The third kappa shape index (κ3) is 3.82. The summed E-state index contributed by atoms with van der Waals surface area (Å²) in [5.41, 5.74) is 1.02. The van der Waals surface area contributed by atoms with E-state index in [9.17, 15) is 9.59 Å². The van der Waals surface area contributed by atoms with Crippen molar-refractivity contribution >= 4 is 27.5 Å². The lowest BCUT2D eigenvalue weighted by Crippen LogP contribution is -2.50. The van der Waals surface area contributed by atoms with Gasteiger partial charge in [0.2, 0.25) is 5.91 Å². The quantitative estimate of drug-likeness (QED) is 0.823. The molecular weight excluding hydrogens is 358 g/mol. The van der Waals surface area contributed by atoms with Crippen LogP contribution in [0.15, 0.2) is 57.9 Å². The third-order valence-corrected chi connectivity index (χ3v) is 4.48. The van der Waals surface area contributed by atoms with Crippen molar-refractivity contribution in [2.24, 2.45) is 0 Å². The smallest absolute Gasteiger partial charge is 0.251 e. The summed E-state index contributed by atoms with van der Waals surface area (Å²) in [6, 6.07) is 13.3. The highest BCUT2D eigenvalue weighted by atomic mass is 79.9. The molecule has 1 aliphatic rings. The molecule has 5 nitrogen and oxygen atoms in total. The van der Waals surface area contributed by atoms with Gasteiger partial charge in [-0.25, -0.2) is 0 Å². The lowest BCUT2D eigenvalue weighted by Gasteiger charge is -2.36. The van der Waals surface area contributed by atoms with E-state index in [1.54, 1.807) is 12.3 Å². The molecule has 1 saturated heterocycles. The van der Waals surface area contributed by atoms with Crippen LogP contribution >= 0.6 is 15.9 Å². The fourth-order valence-electron chi connectivity index (χ4n) is 2.72. The fourth-order valence-corrected chi connectivity index (χ4v) is 3.10. The van der Waals surface area contributed by atoms with Gasteiger partial charge in [-0.3, -0.25) is 9.59 Å². The number of carbonyl (C=O) groups excluding carboxylic acids is 1. The standard InChI is InChI=1S/C17H18BrN3O2/c18-14-6-7-16(22)21(12-14)13-17(23)20-10-8-19(9-11-20)15-4-2-1-3-5-15/h1-7,12H,8-11,13H2. The highest BCUT2D eigenvalue weighted by Crippen LogP contribution is 2.15. The maximum Gasteiger partial charge on any atom is 0.251 e. The van der Waals surface area contributed by atoms with Gasteiger partial charge in [0, 0.05) is 48.6 Å². The molecule has 1 aromatic carbocycles. The second-order valence-corrected chi connectivity index (χ2v) is 6.43. The minimum atomic E-state index is -0.163. The molecule has 23 heavy (non-hydrogen) atoms. The Morgan fingerprint density at radius 2 is 1.70 bits per heavy atom. The molecular formula is C17H18BrN3O2. The Morgan fingerprint density at radius 1 is 1.00 bits per heavy atom. The summed E-state index contributed by atoms with van der Waals surface area (Å²) in [5.74, 6) is -0.0158. The van der Waals surface area contributed by atoms with Crippen LogP contribution in [0.25, 0.3) is 0 Å². The summed E-state index contributed by atoms with van der Waals surface area (Å²) >= 11 is 3.32. The SMILES string of the molecule is O=C(Cn1cc(Br)ccc1=O)N1CCN(c2ccccc2)CC1. The lowest BCUT2D eigenvalue weighted by atomic mass is 10.2. The van der Waals surface area contributed by atoms with Crippen molar-refractivity contribution in [2.75, 3.05) is 31.1 Å². The molecule has 0 spiro atoms. The van der Waals surface area contributed by atoms with Crippen LogP contribution in [-0.4, -0.2) is 41.6 Å². The normalized spacial score (nSPS) is 14.8. The van der Waals surface area contributed by atoms with Gasteiger partial charge in [-0.05, 0) is 34.1 Å². The number of carbonyl (C=O) groups is 1. The number of benzene rings is 1. The average molecular weight is 376 g/mol. The molecule has 0 bridgehead atoms. The third-order valence-electron chi connectivity index (χ3n) is 4.01. The van der Waals surface area contributed by atoms with Crippen LogP contribution in [0, 0.1) is 0 Å². The molecule has 0 saturated carbocycles. The number of piperazine rings is 1. The van der Waals surface area contributed by atoms with Crippen molar-refractivity contribution in [2.45, 2.75) is 6.54 Å². The lowest BCUT2D eigenvalue weighted by molar-refractivity contribution is -0.132. The first-order chi connectivity index (χ1) is 11.1. The molecule has 3 rings (SSSR count). The predicted octanol–water partition coefficient (Wildman–Crippen LogP) is 1.96. The van der Waals surface area contributed by atoms with E-state index in [1.165, 1.54) is 16.3 Å². The van der Waals surface area contributed by atoms with Gasteiger partial charge < -0.3 is 14.4 Å². The van der Waals surface area contributed by atoms with E-state index in [0.29, 0.717) is 13.1 Å². The first-order valence-electron chi connectivity index (χ1n) is 7.57. The minimum Gasteiger partial charge on any atom is -0.368 e. The molecule has 0 radical (unpaired) electrons. The van der Waals surface area contributed by atoms with E-state index in [-0.39, 0.29) is 18.0 Å². The number of rotatable bonds is 3. The number of nitrogens with zero attached hydrogens (tertiary/aromatic N) is 3. The van der Waals surface area contributed by atoms with Gasteiger partial charge >= 0.3 is 0 Å². The van der Waals surface area contributed by atoms with Gasteiger partial charge in [0.25, 0.3) is 5.56 Å². The van der Waals surface area contributed by atoms with Crippen LogP contribution in [-0.2, 0) is 11.3 Å². The van der Waals surface area contributed by atoms with Crippen molar-refractivity contribution in [3.63, 3.8) is 0 Å². The number of hydrogen-bond acceptors (Lipinski definition) is 3. The molecule has 1 fully saturated rings. The maximum absolute atomic E-state index is 12.4. The number of pyridine rings is 1. The maximum atomic E-state index is 12.4. The Balaban J connectivity index is 1.60. The van der Waals surface area contributed by atoms with E-state index >= 15 is 0 Å². The van der Waals surface area contributed by atoms with Crippen LogP contribution in [0.2, 0.25) is 0 Å². The molecule has 0 N–H and O–H groups in total. The number of amides is 1. The highest BCUT2D eigenvalue weighted by molar-refractivity contribution is 9.10. The van der Waals surface area contributed by atoms with Gasteiger partial charge in [0.05, 0.1) is 0 Å². The van der Waals surface area contributed by atoms with Crippen molar-refractivity contribution in [3.05, 3.63) is 63.5 Å². The molecule has 6 heteroatoms. The second kappa shape index (κ2) is 7.00. The Bertz CT molecular complexity index is 737. The predicted molar refractivity (Wildman–Crippen MR) is 93.6 cm³/mol. The molecule has 0 aliphatic carbocycles. The van der Waals surface area contributed by atoms with Gasteiger partial charge in [0.15, 0.2) is 0 Å². The molecule has 2 aromatic rings. The van der Waals surface area contributed by atoms with E-state index in [1.807, 2.05) is 23.1 Å².